The van der Waals surface area contributed by atoms with Gasteiger partial charge in [0.25, 0.3) is 5.24 Å². The highest BCUT2D eigenvalue weighted by atomic mass is 32.2. The summed E-state index contributed by atoms with van der Waals surface area (Å²) < 4.78 is 0.0279. The van der Waals surface area contributed by atoms with Gasteiger partial charge in [-0.05, 0) is 0 Å². The van der Waals surface area contributed by atoms with Gasteiger partial charge in [0.05, 0.1) is 0 Å². The number of amides is 1. The van der Waals surface area contributed by atoms with Crippen LogP contribution in [-0.4, -0.2) is 17.0 Å². The van der Waals surface area contributed by atoms with Gasteiger partial charge in [-0.15, -0.1) is 0 Å². The van der Waals surface area contributed by atoms with Gasteiger partial charge in [-0.1, -0.05) is 46.4 Å². The lowest BCUT2D eigenvalue weighted by Gasteiger charge is -2.14. The first-order chi connectivity index (χ1) is 4.95. The van der Waals surface area contributed by atoms with Gasteiger partial charge in [0.15, 0.2) is 0 Å². The Morgan fingerprint density at radius 1 is 1.27 bits per heavy atom. The van der Waals surface area contributed by atoms with Crippen LogP contribution >= 0.6 is 11.8 Å². The zero-order valence-corrected chi connectivity index (χ0v) is 9.13. The van der Waals surface area contributed by atoms with Crippen LogP contribution in [0.3, 0.4) is 0 Å². The Morgan fingerprint density at radius 2 is 1.64 bits per heavy atom. The first-order valence-corrected chi connectivity index (χ1v) is 4.68. The first-order valence-electron chi connectivity index (χ1n) is 3.86. The SMILES string of the molecule is CC.CNC(=O)SC(C)(C)C. The van der Waals surface area contributed by atoms with Gasteiger partial charge in [0.1, 0.15) is 0 Å². The Hall–Kier alpha value is -0.180. The van der Waals surface area contributed by atoms with E-state index in [0.29, 0.717) is 0 Å². The van der Waals surface area contributed by atoms with Gasteiger partial charge in [0, 0.05) is 11.8 Å². The molecular formula is C8H19NOS. The predicted molar refractivity (Wildman–Crippen MR) is 53.1 cm³/mol. The summed E-state index contributed by atoms with van der Waals surface area (Å²) in [5.74, 6) is 0. The van der Waals surface area contributed by atoms with Crippen LogP contribution in [0.5, 0.6) is 0 Å². The van der Waals surface area contributed by atoms with E-state index in [1.54, 1.807) is 7.05 Å². The highest BCUT2D eigenvalue weighted by molar-refractivity contribution is 8.14. The topological polar surface area (TPSA) is 29.1 Å². The molecule has 0 aromatic carbocycles. The maximum absolute atomic E-state index is 10.7. The number of hydrogen-bond donors (Lipinski definition) is 1. The molecule has 0 fully saturated rings. The summed E-state index contributed by atoms with van der Waals surface area (Å²) in [5, 5.41) is 2.58. The Labute approximate surface area is 74.1 Å². The van der Waals surface area contributed by atoms with Crippen molar-refractivity contribution in [3.05, 3.63) is 0 Å². The normalized spacial score (nSPS) is 9.64. The molecule has 2 nitrogen and oxygen atoms in total. The van der Waals surface area contributed by atoms with Crippen molar-refractivity contribution in [3.8, 4) is 0 Å². The van der Waals surface area contributed by atoms with Crippen LogP contribution < -0.4 is 5.32 Å². The third-order valence-corrected chi connectivity index (χ3v) is 1.60. The van der Waals surface area contributed by atoms with E-state index in [2.05, 4.69) is 5.32 Å². The number of hydrogen-bond acceptors (Lipinski definition) is 2. The third kappa shape index (κ3) is 12.9. The molecular weight excluding hydrogens is 158 g/mol. The summed E-state index contributed by atoms with van der Waals surface area (Å²) in [4.78, 5) is 10.7. The van der Waals surface area contributed by atoms with Crippen molar-refractivity contribution in [3.63, 3.8) is 0 Å². The van der Waals surface area contributed by atoms with E-state index in [-0.39, 0.29) is 9.99 Å². The zero-order chi connectivity index (χ0) is 9.49. The van der Waals surface area contributed by atoms with E-state index in [4.69, 9.17) is 0 Å². The van der Waals surface area contributed by atoms with Crippen LogP contribution in [-0.2, 0) is 0 Å². The smallest absolute Gasteiger partial charge is 0.279 e. The molecule has 1 amide bonds. The van der Waals surface area contributed by atoms with Crippen LogP contribution in [0.4, 0.5) is 4.79 Å². The van der Waals surface area contributed by atoms with Crippen LogP contribution in [0.25, 0.3) is 0 Å². The zero-order valence-electron chi connectivity index (χ0n) is 8.32. The van der Waals surface area contributed by atoms with E-state index in [1.165, 1.54) is 11.8 Å². The Balaban J connectivity index is 0. The fourth-order valence-electron chi connectivity index (χ4n) is 0.329. The molecule has 68 valence electrons. The summed E-state index contributed by atoms with van der Waals surface area (Å²) in [6.07, 6.45) is 0. The summed E-state index contributed by atoms with van der Waals surface area (Å²) in [5.41, 5.74) is 0. The van der Waals surface area contributed by atoms with E-state index < -0.39 is 0 Å². The van der Waals surface area contributed by atoms with Gasteiger partial charge in [0.2, 0.25) is 0 Å². The minimum atomic E-state index is 0.0279. The largest absolute Gasteiger partial charge is 0.350 e. The van der Waals surface area contributed by atoms with Gasteiger partial charge >= 0.3 is 0 Å². The molecule has 0 aliphatic rings. The van der Waals surface area contributed by atoms with E-state index in [9.17, 15) is 4.79 Å². The lowest BCUT2D eigenvalue weighted by Crippen LogP contribution is -2.19. The summed E-state index contributed by atoms with van der Waals surface area (Å²) in [6, 6.07) is 0. The van der Waals surface area contributed by atoms with E-state index >= 15 is 0 Å². The molecule has 11 heavy (non-hydrogen) atoms. The molecule has 0 rings (SSSR count). The second-order valence-electron chi connectivity index (χ2n) is 2.75. The molecule has 1 N–H and O–H groups in total. The molecule has 0 aliphatic heterocycles. The maximum Gasteiger partial charge on any atom is 0.279 e. The molecule has 0 radical (unpaired) electrons. The summed E-state index contributed by atoms with van der Waals surface area (Å²) in [6.45, 7) is 10.0. The highest BCUT2D eigenvalue weighted by Gasteiger charge is 2.14. The molecule has 0 saturated carbocycles. The monoisotopic (exact) mass is 177 g/mol. The molecule has 0 bridgehead atoms. The molecule has 0 aromatic rings. The fraction of sp³-hybridized carbons (Fsp3) is 0.875. The van der Waals surface area contributed by atoms with Crippen LogP contribution in [0.1, 0.15) is 34.6 Å². The second kappa shape index (κ2) is 6.53. The first kappa shape index (κ1) is 13.4. The van der Waals surface area contributed by atoms with Crippen molar-refractivity contribution in [1.29, 1.82) is 0 Å². The van der Waals surface area contributed by atoms with Gasteiger partial charge < -0.3 is 5.32 Å². The molecule has 0 aromatic heterocycles. The van der Waals surface area contributed by atoms with Crippen molar-refractivity contribution < 1.29 is 4.79 Å². The Bertz CT molecular complexity index is 107. The third-order valence-electron chi connectivity index (χ3n) is 0.603. The lowest BCUT2D eigenvalue weighted by molar-refractivity contribution is 0.262. The molecule has 0 atom stereocenters. The Kier molecular flexibility index (Phi) is 7.96. The molecule has 0 heterocycles. The minimum Gasteiger partial charge on any atom is -0.350 e. The van der Waals surface area contributed by atoms with Gasteiger partial charge in [-0.3, -0.25) is 4.79 Å². The molecule has 0 aliphatic carbocycles. The molecule has 0 spiro atoms. The van der Waals surface area contributed by atoms with Crippen molar-refractivity contribution in [2.45, 2.75) is 39.4 Å². The number of nitrogens with one attached hydrogen (secondary N) is 1. The second-order valence-corrected chi connectivity index (χ2v) is 4.55. The minimum absolute atomic E-state index is 0.0279. The van der Waals surface area contributed by atoms with Gasteiger partial charge in [-0.25, -0.2) is 0 Å². The summed E-state index contributed by atoms with van der Waals surface area (Å²) >= 11 is 1.31. The van der Waals surface area contributed by atoms with Crippen molar-refractivity contribution in [2.75, 3.05) is 7.05 Å². The van der Waals surface area contributed by atoms with Crippen LogP contribution in [0, 0.1) is 0 Å². The average molecular weight is 177 g/mol. The Morgan fingerprint density at radius 3 is 1.73 bits per heavy atom. The maximum atomic E-state index is 10.7. The van der Waals surface area contributed by atoms with Crippen LogP contribution in [0.15, 0.2) is 0 Å². The van der Waals surface area contributed by atoms with Crippen LogP contribution in [0.2, 0.25) is 0 Å². The molecule has 3 heteroatoms. The van der Waals surface area contributed by atoms with Gasteiger partial charge in [-0.2, -0.15) is 0 Å². The molecule has 0 unspecified atom stereocenters. The fourth-order valence-corrected chi connectivity index (χ4v) is 0.987. The number of carbonyl (C=O) groups excluding carboxylic acids is 1. The molecule has 0 saturated heterocycles. The highest BCUT2D eigenvalue weighted by Crippen LogP contribution is 2.22. The number of rotatable bonds is 0. The summed E-state index contributed by atoms with van der Waals surface area (Å²) in [7, 11) is 1.64. The van der Waals surface area contributed by atoms with Crippen molar-refractivity contribution >= 4 is 17.0 Å². The standard InChI is InChI=1S/C6H13NOS.C2H6/c1-6(2,3)9-5(8)7-4;1-2/h1-4H3,(H,7,8);1-2H3. The number of carbonyl (C=O) groups is 1. The van der Waals surface area contributed by atoms with Crippen molar-refractivity contribution in [2.24, 2.45) is 0 Å². The quantitative estimate of drug-likeness (QED) is 0.616. The average Bonchev–Trinajstić information content (AvgIpc) is 1.89. The predicted octanol–water partition coefficient (Wildman–Crippen LogP) is 2.88. The van der Waals surface area contributed by atoms with Crippen molar-refractivity contribution in [1.82, 2.24) is 5.32 Å². The van der Waals surface area contributed by atoms with E-state index in [0.717, 1.165) is 0 Å². The number of thioether (sulfide) groups is 1. The lowest BCUT2D eigenvalue weighted by atomic mass is 10.3. The van der Waals surface area contributed by atoms with E-state index in [1.807, 2.05) is 34.6 Å².